The van der Waals surface area contributed by atoms with Gasteiger partial charge in [-0.3, -0.25) is 9.97 Å². The van der Waals surface area contributed by atoms with E-state index in [1.54, 1.807) is 0 Å². The predicted octanol–water partition coefficient (Wildman–Crippen LogP) is 14.9. The summed E-state index contributed by atoms with van der Waals surface area (Å²) in [5.74, 6) is 1.59. The molecule has 8 heteroatoms. The smallest absolute Gasteiger partial charge is 0.151 e. The zero-order chi connectivity index (χ0) is 44.7. The van der Waals surface area contributed by atoms with Crippen molar-refractivity contribution in [3.8, 4) is 40.3 Å². The van der Waals surface area contributed by atoms with Crippen LogP contribution in [0.1, 0.15) is 27.8 Å². The van der Waals surface area contributed by atoms with Crippen LogP contribution in [0.3, 0.4) is 0 Å². The van der Waals surface area contributed by atoms with Crippen LogP contribution in [-0.4, -0.2) is 19.1 Å². The first kappa shape index (κ1) is 37.3. The zero-order valence-corrected chi connectivity index (χ0v) is 36.9. The van der Waals surface area contributed by atoms with Crippen LogP contribution in [-0.2, 0) is 5.41 Å². The molecule has 0 saturated carbocycles. The zero-order valence-electron chi connectivity index (χ0n) is 36.1. The molecule has 3 aliphatic rings. The molecule has 316 valence electrons. The Labute approximate surface area is 394 Å². The molecule has 4 aromatic heterocycles. The van der Waals surface area contributed by atoms with Crippen molar-refractivity contribution in [2.75, 3.05) is 4.90 Å². The van der Waals surface area contributed by atoms with Crippen molar-refractivity contribution in [1.29, 1.82) is 5.26 Å². The van der Waals surface area contributed by atoms with E-state index in [0.717, 1.165) is 116 Å². The molecule has 1 unspecified atom stereocenters. The van der Waals surface area contributed by atoms with Gasteiger partial charge in [0.15, 0.2) is 11.5 Å². The minimum absolute atomic E-state index is 0.641. The highest BCUT2D eigenvalue weighted by molar-refractivity contribution is 7.99. The average Bonchev–Trinajstić information content (AvgIpc) is 4.01. The number of aromatic nitrogens is 4. The second-order valence-corrected chi connectivity index (χ2v) is 18.7. The van der Waals surface area contributed by atoms with E-state index in [1.807, 2.05) is 48.4 Å². The van der Waals surface area contributed by atoms with E-state index < -0.39 is 5.41 Å². The fourth-order valence-corrected chi connectivity index (χ4v) is 12.9. The van der Waals surface area contributed by atoms with E-state index >= 15 is 0 Å². The van der Waals surface area contributed by atoms with Crippen molar-refractivity contribution in [2.24, 2.45) is 0 Å². The minimum Gasteiger partial charge on any atom is -0.453 e. The molecule has 2 aliphatic heterocycles. The van der Waals surface area contributed by atoms with Crippen molar-refractivity contribution in [3.63, 3.8) is 0 Å². The number of nitriles is 1. The number of ether oxygens (including phenoxy) is 1. The number of fused-ring (bicyclic) bond motifs is 17. The third kappa shape index (κ3) is 4.87. The van der Waals surface area contributed by atoms with Gasteiger partial charge in [-0.2, -0.15) is 5.26 Å². The number of hydrogen-bond donors (Lipinski definition) is 0. The van der Waals surface area contributed by atoms with Gasteiger partial charge in [-0.05, 0) is 108 Å². The Morgan fingerprint density at radius 3 is 1.81 bits per heavy atom. The van der Waals surface area contributed by atoms with E-state index in [0.29, 0.717) is 5.56 Å². The van der Waals surface area contributed by atoms with Crippen LogP contribution in [0.15, 0.2) is 216 Å². The second-order valence-electron chi connectivity index (χ2n) is 17.6. The highest BCUT2D eigenvalue weighted by Crippen LogP contribution is 2.65. The van der Waals surface area contributed by atoms with Gasteiger partial charge in [-0.1, -0.05) is 109 Å². The second kappa shape index (κ2) is 13.8. The Bertz CT molecular complexity index is 4120. The van der Waals surface area contributed by atoms with Gasteiger partial charge in [0, 0.05) is 54.3 Å². The summed E-state index contributed by atoms with van der Waals surface area (Å²) in [6, 6.07) is 71.3. The molecule has 8 aromatic carbocycles. The van der Waals surface area contributed by atoms with Gasteiger partial charge < -0.3 is 18.8 Å². The topological polar surface area (TPSA) is 71.9 Å². The molecule has 6 heterocycles. The lowest BCUT2D eigenvalue weighted by molar-refractivity contribution is 0.476. The number of pyridine rings is 2. The summed E-state index contributed by atoms with van der Waals surface area (Å²) in [7, 11) is 0. The summed E-state index contributed by atoms with van der Waals surface area (Å²) in [5.41, 5.74) is 15.4. The van der Waals surface area contributed by atoms with Crippen molar-refractivity contribution in [2.45, 2.75) is 15.2 Å². The number of benzene rings is 8. The Hall–Kier alpha value is -8.90. The molecule has 1 atom stereocenters. The maximum Gasteiger partial charge on any atom is 0.151 e. The SMILES string of the molecule is N#Cc1ccc2c(c1)c1ccccc1n2-c1ccc2c(c1)Sc1cccc(N3c4ccccc4Oc4ccccc43)c1C21c2cccnc2-c2ncc(-n3c4ccccc4c4ccccc43)cc21. The van der Waals surface area contributed by atoms with Crippen LogP contribution in [0.25, 0.3) is 66.4 Å². The summed E-state index contributed by atoms with van der Waals surface area (Å²) in [6.45, 7) is 0. The van der Waals surface area contributed by atoms with Gasteiger partial charge in [0.2, 0.25) is 0 Å². The van der Waals surface area contributed by atoms with Crippen molar-refractivity contribution >= 4 is 72.4 Å². The van der Waals surface area contributed by atoms with E-state index in [-0.39, 0.29) is 0 Å². The Balaban J connectivity index is 1.06. The highest BCUT2D eigenvalue weighted by Gasteiger charge is 2.54. The van der Waals surface area contributed by atoms with Gasteiger partial charge in [0.25, 0.3) is 0 Å². The summed E-state index contributed by atoms with van der Waals surface area (Å²) in [4.78, 5) is 15.3. The van der Waals surface area contributed by atoms with Gasteiger partial charge in [-0.15, -0.1) is 0 Å². The first-order valence-electron chi connectivity index (χ1n) is 22.7. The molecule has 1 aliphatic carbocycles. The van der Waals surface area contributed by atoms with Crippen LogP contribution in [0, 0.1) is 11.3 Å². The molecule has 0 radical (unpaired) electrons. The quantitative estimate of drug-likeness (QED) is 0.176. The lowest BCUT2D eigenvalue weighted by atomic mass is 9.67. The third-order valence-corrected chi connectivity index (χ3v) is 15.4. The number of nitrogens with zero attached hydrogens (tertiary/aromatic N) is 6. The van der Waals surface area contributed by atoms with Crippen LogP contribution in [0.4, 0.5) is 17.1 Å². The number of para-hydroxylation sites is 7. The molecule has 0 saturated heterocycles. The number of hydrogen-bond acceptors (Lipinski definition) is 6. The predicted molar refractivity (Wildman–Crippen MR) is 272 cm³/mol. The van der Waals surface area contributed by atoms with E-state index in [1.165, 1.54) is 10.8 Å². The molecule has 0 amide bonds. The Kier molecular flexibility index (Phi) is 7.58. The van der Waals surface area contributed by atoms with Gasteiger partial charge >= 0.3 is 0 Å². The molecule has 15 rings (SSSR count). The van der Waals surface area contributed by atoms with Gasteiger partial charge in [-0.25, -0.2) is 0 Å². The van der Waals surface area contributed by atoms with E-state index in [4.69, 9.17) is 14.7 Å². The average molecular weight is 887 g/mol. The summed E-state index contributed by atoms with van der Waals surface area (Å²) >= 11 is 1.81. The molecule has 12 aromatic rings. The van der Waals surface area contributed by atoms with E-state index in [2.05, 4.69) is 190 Å². The molecule has 1 spiro atoms. The van der Waals surface area contributed by atoms with Crippen molar-refractivity contribution < 1.29 is 4.74 Å². The molecule has 0 N–H and O–H groups in total. The van der Waals surface area contributed by atoms with Gasteiger partial charge in [0.05, 0.1) is 79.4 Å². The lowest BCUT2D eigenvalue weighted by Crippen LogP contribution is -2.34. The molecular formula is C60H34N6OS. The third-order valence-electron chi connectivity index (χ3n) is 14.3. The minimum atomic E-state index is -0.879. The fourth-order valence-electron chi connectivity index (χ4n) is 11.6. The number of anilines is 3. The molecule has 0 fully saturated rings. The molecule has 68 heavy (non-hydrogen) atoms. The molecule has 7 nitrogen and oxygen atoms in total. The summed E-state index contributed by atoms with van der Waals surface area (Å²) in [6.07, 6.45) is 3.92. The van der Waals surface area contributed by atoms with Crippen LogP contribution >= 0.6 is 11.8 Å². The standard InChI is InChI=1S/C60H34N6OS/c61-34-36-26-29-49-42(31-36)41-15-3-6-19-48(41)64(49)37-27-28-43-56(33-37)68-55-25-11-22-52(66-50-20-7-9-23-53(50)67-54-24-10-8-21-51(54)66)57(55)60(43)44-16-12-30-62-58(44)59-45(60)32-38(35-63-59)65-46-17-4-1-13-39(46)40-14-2-5-18-47(40)65/h1-33,35H. The van der Waals surface area contributed by atoms with Crippen LogP contribution in [0.2, 0.25) is 0 Å². The molecular weight excluding hydrogens is 853 g/mol. The largest absolute Gasteiger partial charge is 0.453 e. The highest BCUT2D eigenvalue weighted by atomic mass is 32.2. The maximum absolute atomic E-state index is 9.93. The Morgan fingerprint density at radius 2 is 1.09 bits per heavy atom. The van der Waals surface area contributed by atoms with Crippen molar-refractivity contribution in [1.82, 2.24) is 19.1 Å². The molecule has 0 bridgehead atoms. The summed E-state index contributed by atoms with van der Waals surface area (Å²) in [5, 5.41) is 14.5. The van der Waals surface area contributed by atoms with Gasteiger partial charge in [0.1, 0.15) is 0 Å². The van der Waals surface area contributed by atoms with E-state index in [9.17, 15) is 5.26 Å². The monoisotopic (exact) mass is 886 g/mol. The Morgan fingerprint density at radius 1 is 0.471 bits per heavy atom. The first-order valence-corrected chi connectivity index (χ1v) is 23.5. The van der Waals surface area contributed by atoms with Crippen LogP contribution < -0.4 is 9.64 Å². The lowest BCUT2D eigenvalue weighted by Gasteiger charge is -2.43. The normalized spacial score (nSPS) is 15.1. The van der Waals surface area contributed by atoms with Crippen molar-refractivity contribution in [3.05, 3.63) is 234 Å². The fraction of sp³-hybridized carbons (Fsp3) is 0.0167. The summed E-state index contributed by atoms with van der Waals surface area (Å²) < 4.78 is 11.3. The van der Waals surface area contributed by atoms with Crippen LogP contribution in [0.5, 0.6) is 11.5 Å². The first-order chi connectivity index (χ1) is 33.7. The maximum atomic E-state index is 9.93. The number of rotatable bonds is 3.